The molecule has 4 aliphatic heterocycles. The number of Topliss-reactive ketones (excluding diaryl/α,β-unsaturated/α-hetero) is 1. The third kappa shape index (κ3) is 8.53. The van der Waals surface area contributed by atoms with E-state index < -0.39 is 78.1 Å². The SMILES string of the molecule is C[C@H]1C(=O)O[C@H](CO)[C@@]2(C)OC(=O)N3CCN=C([C@H](C)C[C@](C)(OC/C=C/c4cnc5ccccc5c4)[C@H](O[C@H]4O[C@@H](C)C[C@@H](N(C)C)C4O)[C@@H](C)C1=O)[C@H](C)[C@@H]32. The highest BCUT2D eigenvalue weighted by Gasteiger charge is 2.61. The van der Waals surface area contributed by atoms with E-state index in [0.717, 1.165) is 22.2 Å². The van der Waals surface area contributed by atoms with Crippen LogP contribution in [0.1, 0.15) is 66.9 Å². The van der Waals surface area contributed by atoms with Crippen molar-refractivity contribution in [2.45, 2.75) is 115 Å². The summed E-state index contributed by atoms with van der Waals surface area (Å²) in [5.41, 5.74) is -0.107. The summed E-state index contributed by atoms with van der Waals surface area (Å²) in [5, 5.41) is 23.3. The molecule has 0 aliphatic carbocycles. The number of hydrogen-bond acceptors (Lipinski definition) is 13. The molecule has 6 rings (SSSR count). The number of aliphatic hydroxyl groups is 2. The quantitative estimate of drug-likeness (QED) is 0.288. The Labute approximate surface area is 335 Å². The Morgan fingerprint density at radius 1 is 1.07 bits per heavy atom. The van der Waals surface area contributed by atoms with E-state index in [1.165, 1.54) is 6.92 Å². The molecule has 0 radical (unpaired) electrons. The number of carbonyl (C=O) groups excluding carboxylic acids is 3. The Hall–Kier alpha value is -3.79. The first-order valence-corrected chi connectivity index (χ1v) is 20.2. The van der Waals surface area contributed by atoms with Crippen molar-refractivity contribution >= 4 is 40.5 Å². The second-order valence-corrected chi connectivity index (χ2v) is 17.0. The number of nitrogens with zero attached hydrogens (tertiary/aromatic N) is 4. The van der Waals surface area contributed by atoms with Crippen LogP contribution < -0.4 is 0 Å². The first-order valence-electron chi connectivity index (χ1n) is 20.2. The average Bonchev–Trinajstić information content (AvgIpc) is 3.30. The van der Waals surface area contributed by atoms with Gasteiger partial charge in [-0.05, 0) is 78.2 Å². The molecule has 3 saturated heterocycles. The number of aliphatic imine (C=N–C) groups is 1. The van der Waals surface area contributed by atoms with Crippen LogP contribution in [0.2, 0.25) is 0 Å². The van der Waals surface area contributed by atoms with Gasteiger partial charge in [-0.25, -0.2) is 4.79 Å². The lowest BCUT2D eigenvalue weighted by Crippen LogP contribution is -2.60. The van der Waals surface area contributed by atoms with Crippen LogP contribution in [0.3, 0.4) is 0 Å². The zero-order chi connectivity index (χ0) is 41.4. The molecule has 2 aromatic rings. The lowest BCUT2D eigenvalue weighted by molar-refractivity contribution is -0.296. The highest BCUT2D eigenvalue weighted by Crippen LogP contribution is 2.43. The number of para-hydroxylation sites is 1. The molecule has 0 saturated carbocycles. The van der Waals surface area contributed by atoms with Crippen LogP contribution in [0.5, 0.6) is 0 Å². The Morgan fingerprint density at radius 3 is 2.53 bits per heavy atom. The van der Waals surface area contributed by atoms with Crippen molar-refractivity contribution in [3.05, 3.63) is 48.2 Å². The molecule has 57 heavy (non-hydrogen) atoms. The van der Waals surface area contributed by atoms with E-state index in [4.69, 9.17) is 28.7 Å². The maximum absolute atomic E-state index is 14.5. The molecule has 312 valence electrons. The first kappa shape index (κ1) is 42.8. The summed E-state index contributed by atoms with van der Waals surface area (Å²) in [5.74, 6) is -4.30. The van der Waals surface area contributed by atoms with Gasteiger partial charge >= 0.3 is 12.1 Å². The second kappa shape index (κ2) is 17.2. The summed E-state index contributed by atoms with van der Waals surface area (Å²) < 4.78 is 31.9. The van der Waals surface area contributed by atoms with Crippen LogP contribution in [0, 0.1) is 23.7 Å². The highest BCUT2D eigenvalue weighted by molar-refractivity contribution is 6.00. The predicted octanol–water partition coefficient (Wildman–Crippen LogP) is 4.29. The number of rotatable bonds is 8. The van der Waals surface area contributed by atoms with E-state index in [1.807, 2.05) is 89.2 Å². The highest BCUT2D eigenvalue weighted by atomic mass is 16.7. The van der Waals surface area contributed by atoms with Gasteiger partial charge in [0.1, 0.15) is 12.0 Å². The second-order valence-electron chi connectivity index (χ2n) is 17.0. The predicted molar refractivity (Wildman–Crippen MR) is 213 cm³/mol. The molecule has 1 aromatic carbocycles. The first-order chi connectivity index (χ1) is 27.0. The Balaban J connectivity index is 1.42. The smallest absolute Gasteiger partial charge is 0.411 e. The number of ketones is 1. The van der Waals surface area contributed by atoms with E-state index in [0.29, 0.717) is 19.4 Å². The molecule has 14 nitrogen and oxygen atoms in total. The number of ether oxygens (including phenoxy) is 5. The van der Waals surface area contributed by atoms with Gasteiger partial charge in [-0.15, -0.1) is 0 Å². The number of pyridine rings is 1. The van der Waals surface area contributed by atoms with Gasteiger partial charge in [-0.3, -0.25) is 24.5 Å². The van der Waals surface area contributed by atoms with Crippen molar-refractivity contribution in [3.63, 3.8) is 0 Å². The standard InChI is InChI=1S/C43H60N4O10/c1-24-21-42(6,53-18-12-13-29-20-30-14-10-11-15-31(30)45-22-29)38(56-40-36(50)32(46(8)9)19-25(2)54-40)27(4)35(49)28(5)39(51)55-33(23-48)43(7)37-26(3)34(24)44-16-17-47(37)41(52)57-43/h10-15,20,22,24-28,32-33,36-38,40,48,50H,16-19,21,23H2,1-9H3/b13-12+/t24-,25+,26+,27+,28-,32-,33-,36?,37-,38-,40-,42+,43-/m1/s1. The largest absolute Gasteiger partial charge is 0.455 e. The third-order valence-corrected chi connectivity index (χ3v) is 12.6. The minimum absolute atomic E-state index is 0.121. The molecule has 0 spiro atoms. The lowest BCUT2D eigenvalue weighted by atomic mass is 9.73. The molecule has 2 N–H and O–H groups in total. The topological polar surface area (TPSA) is 170 Å². The molecule has 1 unspecified atom stereocenters. The summed E-state index contributed by atoms with van der Waals surface area (Å²) in [6.07, 6.45) is 1.16. The fraction of sp³-hybridized carbons (Fsp3) is 0.651. The van der Waals surface area contributed by atoms with Crippen molar-refractivity contribution in [1.82, 2.24) is 14.8 Å². The van der Waals surface area contributed by atoms with Crippen LogP contribution in [-0.2, 0) is 33.3 Å². The number of aliphatic hydroxyl groups excluding tert-OH is 2. The minimum Gasteiger partial charge on any atom is -0.455 e. The number of esters is 1. The van der Waals surface area contributed by atoms with Crippen molar-refractivity contribution in [2.24, 2.45) is 28.7 Å². The minimum atomic E-state index is -1.44. The van der Waals surface area contributed by atoms with E-state index in [-0.39, 0.29) is 37.1 Å². The average molecular weight is 793 g/mol. The number of aromatic nitrogens is 1. The summed E-state index contributed by atoms with van der Waals surface area (Å²) in [7, 11) is 3.78. The van der Waals surface area contributed by atoms with Gasteiger partial charge in [-0.2, -0.15) is 0 Å². The van der Waals surface area contributed by atoms with Gasteiger partial charge < -0.3 is 38.8 Å². The van der Waals surface area contributed by atoms with E-state index >= 15 is 0 Å². The van der Waals surface area contributed by atoms with Crippen LogP contribution in [-0.4, -0.2) is 143 Å². The monoisotopic (exact) mass is 792 g/mol. The summed E-state index contributed by atoms with van der Waals surface area (Å²) in [6, 6.07) is 8.99. The van der Waals surface area contributed by atoms with Gasteiger partial charge in [0, 0.05) is 41.7 Å². The fourth-order valence-electron chi connectivity index (χ4n) is 9.58. The Kier molecular flexibility index (Phi) is 12.9. The van der Waals surface area contributed by atoms with Crippen molar-refractivity contribution in [2.75, 3.05) is 40.4 Å². The van der Waals surface area contributed by atoms with E-state index in [1.54, 1.807) is 24.9 Å². The van der Waals surface area contributed by atoms with Gasteiger partial charge in [0.25, 0.3) is 0 Å². The summed E-state index contributed by atoms with van der Waals surface area (Å²) >= 11 is 0. The number of amides is 1. The maximum Gasteiger partial charge on any atom is 0.411 e. The molecular weight excluding hydrogens is 732 g/mol. The number of carbonyl (C=O) groups is 3. The number of cyclic esters (lactones) is 1. The number of likely N-dealkylation sites (N-methyl/N-ethyl adjacent to an activating group) is 1. The summed E-state index contributed by atoms with van der Waals surface area (Å²) in [6.45, 7) is 12.7. The fourth-order valence-corrected chi connectivity index (χ4v) is 9.58. The number of benzene rings is 1. The molecule has 4 aliphatic rings. The lowest BCUT2D eigenvalue weighted by Gasteiger charge is -2.47. The van der Waals surface area contributed by atoms with Crippen molar-refractivity contribution < 1.29 is 48.3 Å². The van der Waals surface area contributed by atoms with E-state index in [9.17, 15) is 24.6 Å². The molecule has 2 bridgehead atoms. The van der Waals surface area contributed by atoms with Gasteiger partial charge in [0.15, 0.2) is 23.8 Å². The summed E-state index contributed by atoms with van der Waals surface area (Å²) in [4.78, 5) is 54.9. The molecule has 3 fully saturated rings. The molecule has 1 amide bonds. The van der Waals surface area contributed by atoms with Crippen molar-refractivity contribution in [3.8, 4) is 0 Å². The van der Waals surface area contributed by atoms with Crippen LogP contribution in [0.4, 0.5) is 4.79 Å². The van der Waals surface area contributed by atoms with E-state index in [2.05, 4.69) is 4.98 Å². The number of hydrogen-bond donors (Lipinski definition) is 2. The van der Waals surface area contributed by atoms with Crippen molar-refractivity contribution in [1.29, 1.82) is 0 Å². The van der Waals surface area contributed by atoms with Gasteiger partial charge in [0.05, 0.1) is 49.1 Å². The van der Waals surface area contributed by atoms with Crippen LogP contribution >= 0.6 is 0 Å². The normalized spacial score (nSPS) is 38.2. The Morgan fingerprint density at radius 2 is 1.81 bits per heavy atom. The zero-order valence-electron chi connectivity index (χ0n) is 34.7. The third-order valence-electron chi connectivity index (χ3n) is 12.6. The molecule has 5 heterocycles. The Bertz CT molecular complexity index is 1850. The zero-order valence-corrected chi connectivity index (χ0v) is 34.7. The van der Waals surface area contributed by atoms with Gasteiger partial charge in [-0.1, -0.05) is 51.1 Å². The van der Waals surface area contributed by atoms with Crippen LogP contribution in [0.25, 0.3) is 17.0 Å². The number of fused-ring (bicyclic) bond motifs is 2. The molecule has 1 aromatic heterocycles. The van der Waals surface area contributed by atoms with Crippen LogP contribution in [0.15, 0.2) is 47.6 Å². The molecule has 14 heteroatoms. The van der Waals surface area contributed by atoms with Gasteiger partial charge in [0.2, 0.25) is 0 Å². The maximum atomic E-state index is 14.5. The molecule has 13 atom stereocenters. The molecular formula is C43H60N4O10.